The van der Waals surface area contributed by atoms with E-state index in [0.717, 1.165) is 31.4 Å². The van der Waals surface area contributed by atoms with Gasteiger partial charge in [-0.15, -0.1) is 0 Å². The van der Waals surface area contributed by atoms with E-state index in [1.54, 1.807) is 24.3 Å². The van der Waals surface area contributed by atoms with Crippen LogP contribution in [0.25, 0.3) is 0 Å². The molecule has 1 saturated heterocycles. The van der Waals surface area contributed by atoms with Crippen molar-refractivity contribution in [3.8, 4) is 0 Å². The van der Waals surface area contributed by atoms with Crippen LogP contribution in [-0.2, 0) is 14.3 Å². The number of amides is 1. The molecule has 1 aromatic rings. The van der Waals surface area contributed by atoms with Crippen LogP contribution in [0.2, 0.25) is 0 Å². The minimum Gasteiger partial charge on any atom is -0.389 e. The number of anilines is 1. The molecule has 1 fully saturated rings. The van der Waals surface area contributed by atoms with Crippen molar-refractivity contribution in [1.29, 1.82) is 0 Å². The molecule has 1 aliphatic heterocycles. The Kier molecular flexibility index (Phi) is 6.10. The number of hydrogen-bond donors (Lipinski definition) is 2. The van der Waals surface area contributed by atoms with E-state index in [1.807, 2.05) is 0 Å². The lowest BCUT2D eigenvalue weighted by Gasteiger charge is -2.22. The van der Waals surface area contributed by atoms with Gasteiger partial charge >= 0.3 is 0 Å². The molecule has 6 heteroatoms. The number of rotatable bonds is 6. The zero-order valence-corrected chi connectivity index (χ0v) is 12.7. The predicted molar refractivity (Wildman–Crippen MR) is 85.4 cm³/mol. The monoisotopic (exact) mass is 308 g/mol. The Labute approximate surface area is 129 Å². The molecule has 1 amide bonds. The van der Waals surface area contributed by atoms with Crippen LogP contribution in [0.5, 0.6) is 0 Å². The van der Waals surface area contributed by atoms with Gasteiger partial charge in [0.1, 0.15) is 11.6 Å². The largest absolute Gasteiger partial charge is 0.389 e. The Bertz CT molecular complexity index is 484. The van der Waals surface area contributed by atoms with Crippen LogP contribution in [0.3, 0.4) is 0 Å². The third-order valence-corrected chi connectivity index (χ3v) is 3.50. The van der Waals surface area contributed by atoms with Gasteiger partial charge < -0.3 is 20.5 Å². The lowest BCUT2D eigenvalue weighted by atomic mass is 10.1. The summed E-state index contributed by atoms with van der Waals surface area (Å²) in [5.74, 6) is -0.186. The van der Waals surface area contributed by atoms with Gasteiger partial charge in [0.25, 0.3) is 0 Å². The SMILES string of the molecule is NC(=S)c1ccc(NC(=O)COCC2CCCCO2)cc1. The van der Waals surface area contributed by atoms with Crippen molar-refractivity contribution in [3.63, 3.8) is 0 Å². The molecule has 0 spiro atoms. The Morgan fingerprint density at radius 2 is 2.14 bits per heavy atom. The minimum absolute atomic E-state index is 0.0247. The van der Waals surface area contributed by atoms with Crippen molar-refractivity contribution in [2.75, 3.05) is 25.1 Å². The van der Waals surface area contributed by atoms with Gasteiger partial charge in [0.2, 0.25) is 5.91 Å². The number of thiocarbonyl (C=S) groups is 1. The summed E-state index contributed by atoms with van der Waals surface area (Å²) in [4.78, 5) is 12.1. The fourth-order valence-corrected chi connectivity index (χ4v) is 2.27. The second-order valence-corrected chi connectivity index (χ2v) is 5.43. The van der Waals surface area contributed by atoms with Gasteiger partial charge in [-0.25, -0.2) is 0 Å². The smallest absolute Gasteiger partial charge is 0.250 e. The second kappa shape index (κ2) is 8.07. The molecule has 1 unspecified atom stereocenters. The van der Waals surface area contributed by atoms with Crippen LogP contribution >= 0.6 is 12.2 Å². The van der Waals surface area contributed by atoms with Crippen LogP contribution < -0.4 is 11.1 Å². The van der Waals surface area contributed by atoms with E-state index in [-0.39, 0.29) is 18.6 Å². The predicted octanol–water partition coefficient (Wildman–Crippen LogP) is 1.85. The van der Waals surface area contributed by atoms with Gasteiger partial charge in [-0.3, -0.25) is 4.79 Å². The second-order valence-electron chi connectivity index (χ2n) is 4.99. The average molecular weight is 308 g/mol. The van der Waals surface area contributed by atoms with E-state index < -0.39 is 0 Å². The fourth-order valence-electron chi connectivity index (χ4n) is 2.14. The van der Waals surface area contributed by atoms with E-state index >= 15 is 0 Å². The Balaban J connectivity index is 1.70. The molecule has 0 aliphatic carbocycles. The fraction of sp³-hybridized carbons (Fsp3) is 0.467. The summed E-state index contributed by atoms with van der Waals surface area (Å²) < 4.78 is 10.9. The van der Waals surface area contributed by atoms with Crippen molar-refractivity contribution in [2.45, 2.75) is 25.4 Å². The van der Waals surface area contributed by atoms with Crippen LogP contribution in [0.15, 0.2) is 24.3 Å². The molecular weight excluding hydrogens is 288 g/mol. The summed E-state index contributed by atoms with van der Waals surface area (Å²) in [6.45, 7) is 1.28. The van der Waals surface area contributed by atoms with Crippen LogP contribution in [0.4, 0.5) is 5.69 Å². The van der Waals surface area contributed by atoms with Crippen molar-refractivity contribution < 1.29 is 14.3 Å². The van der Waals surface area contributed by atoms with Gasteiger partial charge in [-0.05, 0) is 43.5 Å². The first-order valence-electron chi connectivity index (χ1n) is 7.04. The maximum Gasteiger partial charge on any atom is 0.250 e. The molecule has 0 saturated carbocycles. The van der Waals surface area contributed by atoms with E-state index in [2.05, 4.69) is 5.32 Å². The Morgan fingerprint density at radius 3 is 2.76 bits per heavy atom. The highest BCUT2D eigenvalue weighted by molar-refractivity contribution is 7.80. The van der Waals surface area contributed by atoms with E-state index in [4.69, 9.17) is 27.4 Å². The molecule has 1 aliphatic rings. The van der Waals surface area contributed by atoms with Crippen molar-refractivity contribution in [2.24, 2.45) is 5.73 Å². The molecule has 1 atom stereocenters. The van der Waals surface area contributed by atoms with Gasteiger partial charge in [0.15, 0.2) is 0 Å². The first-order chi connectivity index (χ1) is 10.1. The molecule has 1 aromatic carbocycles. The zero-order chi connectivity index (χ0) is 15.1. The number of hydrogen-bond acceptors (Lipinski definition) is 4. The summed E-state index contributed by atoms with van der Waals surface area (Å²) in [6.07, 6.45) is 3.40. The molecule has 0 bridgehead atoms. The van der Waals surface area contributed by atoms with Crippen LogP contribution in [0, 0.1) is 0 Å². The van der Waals surface area contributed by atoms with Crippen LogP contribution in [-0.4, -0.2) is 36.8 Å². The highest BCUT2D eigenvalue weighted by Crippen LogP contribution is 2.13. The summed E-state index contributed by atoms with van der Waals surface area (Å²) in [6, 6.07) is 7.07. The minimum atomic E-state index is -0.186. The third kappa shape index (κ3) is 5.41. The first-order valence-corrected chi connectivity index (χ1v) is 7.45. The maximum atomic E-state index is 11.7. The van der Waals surface area contributed by atoms with Gasteiger partial charge in [0.05, 0.1) is 12.7 Å². The highest BCUT2D eigenvalue weighted by atomic mass is 32.1. The normalized spacial score (nSPS) is 18.2. The number of benzene rings is 1. The lowest BCUT2D eigenvalue weighted by Crippen LogP contribution is -2.27. The Hall–Kier alpha value is -1.50. The van der Waals surface area contributed by atoms with E-state index in [0.29, 0.717) is 17.3 Å². The summed E-state index contributed by atoms with van der Waals surface area (Å²) in [5.41, 5.74) is 6.98. The highest BCUT2D eigenvalue weighted by Gasteiger charge is 2.14. The molecule has 21 heavy (non-hydrogen) atoms. The summed E-state index contributed by atoms with van der Waals surface area (Å²) >= 11 is 4.87. The molecule has 0 radical (unpaired) electrons. The number of nitrogens with one attached hydrogen (secondary N) is 1. The van der Waals surface area contributed by atoms with Crippen LogP contribution in [0.1, 0.15) is 24.8 Å². The van der Waals surface area contributed by atoms with Gasteiger partial charge in [-0.1, -0.05) is 12.2 Å². The van der Waals surface area contributed by atoms with Crippen molar-refractivity contribution in [1.82, 2.24) is 0 Å². The van der Waals surface area contributed by atoms with E-state index in [9.17, 15) is 4.79 Å². The first kappa shape index (κ1) is 15.9. The molecule has 2 rings (SSSR count). The molecule has 5 nitrogen and oxygen atoms in total. The summed E-state index contributed by atoms with van der Waals surface area (Å²) in [7, 11) is 0. The average Bonchev–Trinajstić information content (AvgIpc) is 2.49. The standard InChI is InChI=1S/C15H20N2O3S/c16-15(21)11-4-6-12(7-5-11)17-14(18)10-19-9-13-3-1-2-8-20-13/h4-7,13H,1-3,8-10H2,(H2,16,21)(H,17,18). The summed E-state index contributed by atoms with van der Waals surface area (Å²) in [5, 5.41) is 2.76. The number of nitrogens with two attached hydrogens (primary N) is 1. The Morgan fingerprint density at radius 1 is 1.38 bits per heavy atom. The van der Waals surface area contributed by atoms with Gasteiger partial charge in [0, 0.05) is 17.9 Å². The molecule has 1 heterocycles. The topological polar surface area (TPSA) is 73.6 Å². The van der Waals surface area contributed by atoms with Crippen molar-refractivity contribution >= 4 is 28.8 Å². The number of carbonyl (C=O) groups is 1. The lowest BCUT2D eigenvalue weighted by molar-refractivity contribution is -0.122. The van der Waals surface area contributed by atoms with Gasteiger partial charge in [-0.2, -0.15) is 0 Å². The number of ether oxygens (including phenoxy) is 2. The molecule has 3 N–H and O–H groups in total. The third-order valence-electron chi connectivity index (χ3n) is 3.26. The molecule has 0 aromatic heterocycles. The number of carbonyl (C=O) groups excluding carboxylic acids is 1. The quantitative estimate of drug-likeness (QED) is 0.785. The molecular formula is C15H20N2O3S. The maximum absolute atomic E-state index is 11.7. The van der Waals surface area contributed by atoms with E-state index in [1.165, 1.54) is 0 Å². The molecule has 114 valence electrons. The van der Waals surface area contributed by atoms with Crippen molar-refractivity contribution in [3.05, 3.63) is 29.8 Å². The zero-order valence-electron chi connectivity index (χ0n) is 11.8.